The highest BCUT2D eigenvalue weighted by Gasteiger charge is 2.21. The van der Waals surface area contributed by atoms with E-state index in [9.17, 15) is 23.2 Å². The van der Waals surface area contributed by atoms with Crippen molar-refractivity contribution in [2.75, 3.05) is 0 Å². The van der Waals surface area contributed by atoms with E-state index in [2.05, 4.69) is 20.6 Å². The third kappa shape index (κ3) is 8.15. The molecule has 0 spiro atoms. The second-order valence-electron chi connectivity index (χ2n) is 6.28. The molecule has 0 aliphatic rings. The van der Waals surface area contributed by atoms with E-state index in [1.807, 2.05) is 0 Å². The number of alkyl halides is 2. The van der Waals surface area contributed by atoms with Gasteiger partial charge in [0.2, 0.25) is 0 Å². The van der Waals surface area contributed by atoms with Gasteiger partial charge >= 0.3 is 12.0 Å². The Hall–Kier alpha value is -2.30. The monoisotopic (exact) mass is 418 g/mol. The summed E-state index contributed by atoms with van der Waals surface area (Å²) in [6.45, 7) is 8.12. The molecule has 11 heteroatoms. The zero-order valence-electron chi connectivity index (χ0n) is 16.3. The first-order chi connectivity index (χ1) is 13.0. The van der Waals surface area contributed by atoms with Gasteiger partial charge in [-0.3, -0.25) is 14.9 Å². The minimum atomic E-state index is -2.62. The smallest absolute Gasteiger partial charge is 0.321 e. The molecule has 0 saturated carbocycles. The van der Waals surface area contributed by atoms with Crippen molar-refractivity contribution in [3.8, 4) is 0 Å². The minimum absolute atomic E-state index is 0.0266. The highest BCUT2D eigenvalue weighted by molar-refractivity contribution is 7.99. The van der Waals surface area contributed by atoms with Gasteiger partial charge in [-0.1, -0.05) is 0 Å². The largest absolute Gasteiger partial charge is 0.453 e. The third-order valence-electron chi connectivity index (χ3n) is 3.51. The van der Waals surface area contributed by atoms with Crippen LogP contribution >= 0.6 is 11.8 Å². The van der Waals surface area contributed by atoms with Gasteiger partial charge in [-0.15, -0.1) is 0 Å². The number of urea groups is 1. The highest BCUT2D eigenvalue weighted by atomic mass is 32.2. The summed E-state index contributed by atoms with van der Waals surface area (Å²) in [6.07, 6.45) is -0.964. The summed E-state index contributed by atoms with van der Waals surface area (Å²) in [6, 6.07) is -0.821. The summed E-state index contributed by atoms with van der Waals surface area (Å²) < 4.78 is 29.9. The van der Waals surface area contributed by atoms with Gasteiger partial charge in [-0.25, -0.2) is 14.8 Å². The van der Waals surface area contributed by atoms with Gasteiger partial charge in [-0.05, 0) is 58.4 Å². The number of hydrogen-bond acceptors (Lipinski definition) is 7. The molecule has 1 aromatic rings. The van der Waals surface area contributed by atoms with Crippen molar-refractivity contribution in [1.82, 2.24) is 20.6 Å². The van der Waals surface area contributed by atoms with Crippen LogP contribution in [-0.4, -0.2) is 45.8 Å². The van der Waals surface area contributed by atoms with Gasteiger partial charge in [0.1, 0.15) is 0 Å². The fourth-order valence-electron chi connectivity index (χ4n) is 2.25. The quantitative estimate of drug-likeness (QED) is 0.379. The molecule has 3 amide bonds. The maximum atomic E-state index is 12.4. The molecular weight excluding hydrogens is 394 g/mol. The summed E-state index contributed by atoms with van der Waals surface area (Å²) >= 11 is 0.255. The van der Waals surface area contributed by atoms with Crippen molar-refractivity contribution in [3.63, 3.8) is 0 Å². The lowest BCUT2D eigenvalue weighted by Gasteiger charge is -2.15. The summed E-state index contributed by atoms with van der Waals surface area (Å²) in [5.41, 5.74) is 1.66. The molecule has 0 unspecified atom stereocenters. The Morgan fingerprint density at radius 2 is 1.68 bits per heavy atom. The van der Waals surface area contributed by atoms with E-state index < -0.39 is 29.8 Å². The molecule has 156 valence electrons. The Labute approximate surface area is 166 Å². The fourth-order valence-corrected chi connectivity index (χ4v) is 2.79. The van der Waals surface area contributed by atoms with Crippen molar-refractivity contribution >= 4 is 29.7 Å². The second-order valence-corrected chi connectivity index (χ2v) is 7.24. The molecule has 0 aromatic carbocycles. The molecule has 0 aliphatic heterocycles. The van der Waals surface area contributed by atoms with Gasteiger partial charge in [0, 0.05) is 23.9 Å². The molecular formula is C17H24F2N4O4S. The maximum Gasteiger partial charge on any atom is 0.321 e. The zero-order valence-corrected chi connectivity index (χ0v) is 17.2. The first kappa shape index (κ1) is 23.7. The van der Waals surface area contributed by atoms with E-state index in [4.69, 9.17) is 4.74 Å². The molecule has 28 heavy (non-hydrogen) atoms. The fraction of sp³-hybridized carbons (Fsp3) is 0.588. The molecule has 0 radical (unpaired) electrons. The van der Waals surface area contributed by atoms with Crippen molar-refractivity contribution in [3.05, 3.63) is 17.0 Å². The lowest BCUT2D eigenvalue weighted by Crippen LogP contribution is -2.46. The number of rotatable bonds is 8. The number of hydrogen-bond donors (Lipinski definition) is 2. The van der Waals surface area contributed by atoms with Crippen LogP contribution in [0.1, 0.15) is 44.1 Å². The number of aryl methyl sites for hydroxylation is 2. The van der Waals surface area contributed by atoms with Crippen LogP contribution in [0.15, 0.2) is 5.16 Å². The van der Waals surface area contributed by atoms with E-state index in [-0.39, 0.29) is 35.8 Å². The van der Waals surface area contributed by atoms with Gasteiger partial charge in [0.05, 0.1) is 0 Å². The number of thioether (sulfide) groups is 1. The lowest BCUT2D eigenvalue weighted by molar-refractivity contribution is -0.154. The van der Waals surface area contributed by atoms with E-state index in [1.165, 1.54) is 6.92 Å². The Kier molecular flexibility index (Phi) is 9.23. The molecule has 1 heterocycles. The molecule has 0 fully saturated rings. The molecule has 0 bridgehead atoms. The first-order valence-corrected chi connectivity index (χ1v) is 9.47. The summed E-state index contributed by atoms with van der Waals surface area (Å²) in [5, 5.41) is 4.54. The van der Waals surface area contributed by atoms with Crippen LogP contribution in [0.5, 0.6) is 0 Å². The standard InChI is InChI=1S/C17H24F2N4O4S/c1-8(2)20-16(26)23-14(25)11(5)27-13(24)7-6-12-9(3)21-17(22-10(12)4)28-15(18)19/h8,11,15H,6-7H2,1-5H3,(H2,20,23,25,26)/t11-/m1/s1. The third-order valence-corrected chi connectivity index (χ3v) is 4.08. The van der Waals surface area contributed by atoms with Crippen LogP contribution in [0.25, 0.3) is 0 Å². The summed E-state index contributed by atoms with van der Waals surface area (Å²) in [4.78, 5) is 43.3. The number of nitrogens with zero attached hydrogens (tertiary/aromatic N) is 2. The number of imide groups is 1. The summed E-state index contributed by atoms with van der Waals surface area (Å²) in [7, 11) is 0. The van der Waals surface area contributed by atoms with Gasteiger partial charge in [0.25, 0.3) is 11.7 Å². The highest BCUT2D eigenvalue weighted by Crippen LogP contribution is 2.24. The van der Waals surface area contributed by atoms with Crippen LogP contribution in [0.3, 0.4) is 0 Å². The van der Waals surface area contributed by atoms with Crippen LogP contribution in [-0.2, 0) is 20.7 Å². The summed E-state index contributed by atoms with van der Waals surface area (Å²) in [5.74, 6) is -4.00. The van der Waals surface area contributed by atoms with Gasteiger partial charge < -0.3 is 10.1 Å². The Bertz CT molecular complexity index is 708. The average Bonchev–Trinajstić information content (AvgIpc) is 2.52. The van der Waals surface area contributed by atoms with Crippen molar-refractivity contribution in [2.24, 2.45) is 0 Å². The first-order valence-electron chi connectivity index (χ1n) is 8.59. The topological polar surface area (TPSA) is 110 Å². The predicted molar refractivity (Wildman–Crippen MR) is 99.1 cm³/mol. The van der Waals surface area contributed by atoms with Crippen LogP contribution in [0, 0.1) is 13.8 Å². The Balaban J connectivity index is 2.58. The number of ether oxygens (including phenoxy) is 1. The van der Waals surface area contributed by atoms with Gasteiger partial charge in [-0.2, -0.15) is 8.78 Å². The molecule has 1 rings (SSSR count). The van der Waals surface area contributed by atoms with E-state index >= 15 is 0 Å². The minimum Gasteiger partial charge on any atom is -0.453 e. The normalized spacial score (nSPS) is 12.0. The van der Waals surface area contributed by atoms with Crippen molar-refractivity contribution in [1.29, 1.82) is 0 Å². The molecule has 0 aliphatic carbocycles. The van der Waals surface area contributed by atoms with Crippen LogP contribution < -0.4 is 10.6 Å². The molecule has 8 nitrogen and oxygen atoms in total. The molecule has 0 saturated heterocycles. The lowest BCUT2D eigenvalue weighted by atomic mass is 10.1. The Morgan fingerprint density at radius 1 is 1.11 bits per heavy atom. The van der Waals surface area contributed by atoms with E-state index in [0.717, 1.165) is 0 Å². The number of amides is 3. The Morgan fingerprint density at radius 3 is 2.18 bits per heavy atom. The number of esters is 1. The number of carbonyl (C=O) groups is 3. The number of halogens is 2. The number of carbonyl (C=O) groups excluding carboxylic acids is 3. The molecule has 1 atom stereocenters. The number of nitrogens with one attached hydrogen (secondary N) is 2. The second kappa shape index (κ2) is 10.9. The predicted octanol–water partition coefficient (Wildman–Crippen LogP) is 2.51. The molecule has 1 aromatic heterocycles. The van der Waals surface area contributed by atoms with Crippen LogP contribution in [0.4, 0.5) is 13.6 Å². The molecule has 2 N–H and O–H groups in total. The maximum absolute atomic E-state index is 12.4. The zero-order chi connectivity index (χ0) is 21.4. The van der Waals surface area contributed by atoms with Crippen LogP contribution in [0.2, 0.25) is 0 Å². The van der Waals surface area contributed by atoms with Crippen molar-refractivity contribution in [2.45, 2.75) is 70.5 Å². The van der Waals surface area contributed by atoms with E-state index in [1.54, 1.807) is 27.7 Å². The van der Waals surface area contributed by atoms with E-state index in [0.29, 0.717) is 17.0 Å². The van der Waals surface area contributed by atoms with Gasteiger partial charge in [0.15, 0.2) is 11.3 Å². The average molecular weight is 418 g/mol. The van der Waals surface area contributed by atoms with Crippen molar-refractivity contribution < 1.29 is 27.9 Å². The number of aromatic nitrogens is 2. The SMILES string of the molecule is Cc1nc(SC(F)F)nc(C)c1CCC(=O)O[C@H](C)C(=O)NC(=O)NC(C)C.